The summed E-state index contributed by atoms with van der Waals surface area (Å²) in [6.07, 6.45) is 5.04. The molecule has 0 fully saturated rings. The van der Waals surface area contributed by atoms with Crippen molar-refractivity contribution < 1.29 is 9.25 Å². The average Bonchev–Trinajstić information content (AvgIpc) is 3.33. The molecule has 0 saturated heterocycles. The van der Waals surface area contributed by atoms with Crippen molar-refractivity contribution in [3.05, 3.63) is 95.0 Å². The smallest absolute Gasteiger partial charge is 0.207 e. The molecule has 0 amide bonds. The summed E-state index contributed by atoms with van der Waals surface area (Å²) in [6, 6.07) is 22.0. The Morgan fingerprint density at radius 1 is 0.964 bits per heavy atom. The molecule has 144 valence electrons. The second-order valence-corrected chi connectivity index (χ2v) is 7.34. The molecule has 4 rings (SSSR count). The monoisotopic (exact) mass is 394 g/mol. The van der Waals surface area contributed by atoms with Crippen LogP contribution in [0.1, 0.15) is 30.2 Å². The van der Waals surface area contributed by atoms with E-state index in [1.165, 1.54) is 5.56 Å². The number of unbranched alkanes of at least 4 members (excludes halogenated alkanes) is 1. The summed E-state index contributed by atoms with van der Waals surface area (Å²) < 4.78 is 6.08. The zero-order valence-corrected chi connectivity index (χ0v) is 16.3. The maximum atomic E-state index is 6.09. The first-order chi connectivity index (χ1) is 13.7. The minimum absolute atomic E-state index is 0.121. The van der Waals surface area contributed by atoms with Crippen molar-refractivity contribution >= 4 is 11.6 Å². The lowest BCUT2D eigenvalue weighted by molar-refractivity contribution is -0.123. The van der Waals surface area contributed by atoms with E-state index >= 15 is 0 Å². The lowest BCUT2D eigenvalue weighted by Crippen LogP contribution is -2.24. The SMILES string of the molecule is NC1=CC(c2ccc(-c3cccc(Cl)c3)o2)N(CCCCc2ccccc2)O1. The molecule has 0 saturated carbocycles. The average molecular weight is 395 g/mol. The summed E-state index contributed by atoms with van der Waals surface area (Å²) in [5.74, 6) is 1.99. The van der Waals surface area contributed by atoms with E-state index in [0.29, 0.717) is 10.9 Å². The van der Waals surface area contributed by atoms with Crippen LogP contribution < -0.4 is 5.73 Å². The number of aryl methyl sites for hydroxylation is 1. The zero-order chi connectivity index (χ0) is 19.3. The van der Waals surface area contributed by atoms with E-state index in [1.807, 2.05) is 53.6 Å². The Bertz CT molecular complexity index is 952. The van der Waals surface area contributed by atoms with Crippen LogP contribution in [0.5, 0.6) is 0 Å². The van der Waals surface area contributed by atoms with Gasteiger partial charge in [-0.25, -0.2) is 0 Å². The van der Waals surface area contributed by atoms with Gasteiger partial charge in [0.25, 0.3) is 0 Å². The zero-order valence-electron chi connectivity index (χ0n) is 15.6. The highest BCUT2D eigenvalue weighted by Gasteiger charge is 2.29. The first-order valence-electron chi connectivity index (χ1n) is 9.50. The van der Waals surface area contributed by atoms with E-state index in [4.69, 9.17) is 26.6 Å². The van der Waals surface area contributed by atoms with Crippen LogP contribution in [0.2, 0.25) is 5.02 Å². The first-order valence-corrected chi connectivity index (χ1v) is 9.88. The predicted octanol–water partition coefficient (Wildman–Crippen LogP) is 5.71. The largest absolute Gasteiger partial charge is 0.459 e. The Morgan fingerprint density at radius 2 is 1.82 bits per heavy atom. The molecule has 0 spiro atoms. The first kappa shape index (κ1) is 18.7. The summed E-state index contributed by atoms with van der Waals surface area (Å²) in [5.41, 5.74) is 8.23. The molecule has 5 heteroatoms. The number of halogens is 1. The highest BCUT2D eigenvalue weighted by molar-refractivity contribution is 6.30. The van der Waals surface area contributed by atoms with Crippen molar-refractivity contribution in [3.8, 4) is 11.3 Å². The molecule has 1 aliphatic heterocycles. The van der Waals surface area contributed by atoms with E-state index in [0.717, 1.165) is 42.9 Å². The Balaban J connectivity index is 1.39. The van der Waals surface area contributed by atoms with Crippen molar-refractivity contribution in [1.29, 1.82) is 0 Å². The number of furan rings is 1. The fourth-order valence-corrected chi connectivity index (χ4v) is 3.61. The van der Waals surface area contributed by atoms with Gasteiger partial charge in [-0.3, -0.25) is 0 Å². The maximum absolute atomic E-state index is 6.09. The van der Waals surface area contributed by atoms with Gasteiger partial charge in [-0.15, -0.1) is 5.06 Å². The Labute approximate surface area is 170 Å². The molecule has 2 heterocycles. The molecule has 2 N–H and O–H groups in total. The van der Waals surface area contributed by atoms with E-state index in [2.05, 4.69) is 24.3 Å². The van der Waals surface area contributed by atoms with Crippen molar-refractivity contribution in [1.82, 2.24) is 5.06 Å². The minimum Gasteiger partial charge on any atom is -0.459 e. The third kappa shape index (κ3) is 4.41. The molecule has 0 aliphatic carbocycles. The van der Waals surface area contributed by atoms with E-state index in [1.54, 1.807) is 0 Å². The van der Waals surface area contributed by atoms with Gasteiger partial charge in [0.1, 0.15) is 17.6 Å². The number of benzene rings is 2. The fraction of sp³-hybridized carbons (Fsp3) is 0.217. The molecule has 28 heavy (non-hydrogen) atoms. The van der Waals surface area contributed by atoms with Gasteiger partial charge in [-0.2, -0.15) is 0 Å². The molecule has 0 bridgehead atoms. The Morgan fingerprint density at radius 3 is 2.64 bits per heavy atom. The summed E-state index contributed by atoms with van der Waals surface area (Å²) >= 11 is 6.09. The molecule has 3 aromatic rings. The van der Waals surface area contributed by atoms with Gasteiger partial charge in [0.15, 0.2) is 0 Å². The molecule has 1 aliphatic rings. The third-order valence-corrected chi connectivity index (χ3v) is 5.05. The molecule has 1 unspecified atom stereocenters. The topological polar surface area (TPSA) is 51.6 Å². The molecule has 0 radical (unpaired) electrons. The van der Waals surface area contributed by atoms with Crippen molar-refractivity contribution in [2.75, 3.05) is 6.54 Å². The van der Waals surface area contributed by atoms with Crippen molar-refractivity contribution in [2.24, 2.45) is 5.73 Å². The summed E-state index contributed by atoms with van der Waals surface area (Å²) in [7, 11) is 0. The standard InChI is InChI=1S/C23H23ClN2O2/c24-19-11-6-10-18(15-19)21-12-13-22(27-21)20-16-23(25)28-26(20)14-5-4-9-17-7-2-1-3-8-17/h1-3,6-8,10-13,15-16,20H,4-5,9,14,25H2. The van der Waals surface area contributed by atoms with E-state index < -0.39 is 0 Å². The number of hydrogen-bond acceptors (Lipinski definition) is 4. The maximum Gasteiger partial charge on any atom is 0.207 e. The molecular formula is C23H23ClN2O2. The summed E-state index contributed by atoms with van der Waals surface area (Å²) in [4.78, 5) is 5.71. The van der Waals surface area contributed by atoms with Gasteiger partial charge in [-0.1, -0.05) is 54.1 Å². The number of hydrogen-bond donors (Lipinski definition) is 1. The highest BCUT2D eigenvalue weighted by Crippen LogP contribution is 2.34. The van der Waals surface area contributed by atoms with Gasteiger partial charge < -0.3 is 15.0 Å². The third-order valence-electron chi connectivity index (χ3n) is 4.82. The van der Waals surface area contributed by atoms with Gasteiger partial charge in [-0.05, 0) is 49.1 Å². The summed E-state index contributed by atoms with van der Waals surface area (Å²) in [5, 5.41) is 2.57. The molecule has 1 atom stereocenters. The van der Waals surface area contributed by atoms with Crippen LogP contribution in [0.4, 0.5) is 0 Å². The van der Waals surface area contributed by atoms with Gasteiger partial charge in [0.05, 0.1) is 0 Å². The normalized spacial score (nSPS) is 16.8. The second kappa shape index (κ2) is 8.55. The van der Waals surface area contributed by atoms with Crippen LogP contribution in [0.3, 0.4) is 0 Å². The lowest BCUT2D eigenvalue weighted by Gasteiger charge is -2.21. The molecular weight excluding hydrogens is 372 g/mol. The van der Waals surface area contributed by atoms with E-state index in [9.17, 15) is 0 Å². The number of rotatable bonds is 7. The lowest BCUT2D eigenvalue weighted by atomic mass is 10.1. The molecule has 1 aromatic heterocycles. The molecule has 4 nitrogen and oxygen atoms in total. The Hall–Kier alpha value is -2.69. The highest BCUT2D eigenvalue weighted by atomic mass is 35.5. The Kier molecular flexibility index (Phi) is 5.70. The number of nitrogens with two attached hydrogens (primary N) is 1. The van der Waals surface area contributed by atoms with Crippen LogP contribution in [0.25, 0.3) is 11.3 Å². The molecule has 2 aromatic carbocycles. The minimum atomic E-state index is -0.121. The van der Waals surface area contributed by atoms with Crippen molar-refractivity contribution in [2.45, 2.75) is 25.3 Å². The fourth-order valence-electron chi connectivity index (χ4n) is 3.42. The summed E-state index contributed by atoms with van der Waals surface area (Å²) in [6.45, 7) is 0.780. The second-order valence-electron chi connectivity index (χ2n) is 6.90. The van der Waals surface area contributed by atoms with Gasteiger partial charge >= 0.3 is 0 Å². The van der Waals surface area contributed by atoms with Crippen LogP contribution >= 0.6 is 11.6 Å². The van der Waals surface area contributed by atoms with Crippen LogP contribution in [-0.4, -0.2) is 11.6 Å². The van der Waals surface area contributed by atoms with Crippen LogP contribution in [0, 0.1) is 0 Å². The van der Waals surface area contributed by atoms with Crippen LogP contribution in [-0.2, 0) is 11.3 Å². The van der Waals surface area contributed by atoms with Crippen molar-refractivity contribution in [3.63, 3.8) is 0 Å². The van der Waals surface area contributed by atoms with Gasteiger partial charge in [0.2, 0.25) is 5.88 Å². The number of hydroxylamine groups is 2. The van der Waals surface area contributed by atoms with E-state index in [-0.39, 0.29) is 6.04 Å². The van der Waals surface area contributed by atoms with Gasteiger partial charge in [0, 0.05) is 23.2 Å². The quantitative estimate of drug-likeness (QED) is 0.521. The predicted molar refractivity (Wildman–Crippen MR) is 111 cm³/mol. The number of nitrogens with zero attached hydrogens (tertiary/aromatic N) is 1. The van der Waals surface area contributed by atoms with Crippen LogP contribution in [0.15, 0.2) is 83.1 Å².